The second kappa shape index (κ2) is 5.78. The number of carbonyl (C=O) groups excluding carboxylic acids is 2. The highest BCUT2D eigenvalue weighted by molar-refractivity contribution is 5.88. The summed E-state index contributed by atoms with van der Waals surface area (Å²) in [7, 11) is 0. The highest BCUT2D eigenvalue weighted by atomic mass is 16.8. The van der Waals surface area contributed by atoms with Crippen molar-refractivity contribution in [1.29, 1.82) is 0 Å². The third-order valence-electron chi connectivity index (χ3n) is 12.5. The number of ether oxygens (including phenoxy) is 4. The number of rotatable bonds is 0. The summed E-state index contributed by atoms with van der Waals surface area (Å²) in [5, 5.41) is 47.4. The number of esters is 2. The summed E-state index contributed by atoms with van der Waals surface area (Å²) in [5.74, 6) is -6.21. The Balaban J connectivity index is 1.39. The minimum Gasteiger partial charge on any atom is -0.508 e. The summed E-state index contributed by atoms with van der Waals surface area (Å²) in [5.41, 5.74) is -6.05. The predicted molar refractivity (Wildman–Crippen MR) is 123 cm³/mol. The van der Waals surface area contributed by atoms with Crippen molar-refractivity contribution in [1.82, 2.24) is 0 Å². The minimum absolute atomic E-state index is 0.0472. The first kappa shape index (κ1) is 22.6. The van der Waals surface area contributed by atoms with Crippen molar-refractivity contribution in [3.05, 3.63) is 28.8 Å². The van der Waals surface area contributed by atoms with E-state index < -0.39 is 87.3 Å². The van der Waals surface area contributed by atoms with Gasteiger partial charge in [0.05, 0.1) is 18.6 Å². The number of phenolic OH excluding ortho intramolecular Hbond substituents is 1. The normalized spacial score (nSPS) is 59.7. The molecule has 1 spiro atoms. The summed E-state index contributed by atoms with van der Waals surface area (Å²) in [6.45, 7) is 5.26. The molecule has 202 valence electrons. The van der Waals surface area contributed by atoms with Crippen LogP contribution in [0.1, 0.15) is 61.8 Å². The van der Waals surface area contributed by atoms with E-state index in [4.69, 9.17) is 18.9 Å². The van der Waals surface area contributed by atoms with Crippen LogP contribution in [0.25, 0.3) is 0 Å². The van der Waals surface area contributed by atoms with Gasteiger partial charge in [0.2, 0.25) is 5.79 Å². The standard InChI is InChI=1S/C28H30O10/c1-10-15(29)5-4-11-18(10)16(30)6-12-19(11)13-7-25(33)22(32)37-24(3)17-8-23(2)14(20(31)36-17)9-35-28(12)26(13,34)21(23)27(24,25)38-28/h4-5,12-14,16-17,19,21,29-30,33-34H,6-9H2,1-3H3/t12-,13?,14+,16+,17-,19-,21-,23-,24+,25?,26-,27+,28+/m1/s1. The van der Waals surface area contributed by atoms with Gasteiger partial charge in [-0.05, 0) is 67.2 Å². The highest BCUT2D eigenvalue weighted by Gasteiger charge is 3.00. The Morgan fingerprint density at radius 1 is 1.08 bits per heavy atom. The number of aliphatic hydroxyl groups excluding tert-OH is 1. The molecule has 3 saturated carbocycles. The maximum Gasteiger partial charge on any atom is 0.342 e. The monoisotopic (exact) mass is 526 g/mol. The average Bonchev–Trinajstić information content (AvgIpc) is 3.22. The van der Waals surface area contributed by atoms with Gasteiger partial charge in [-0.25, -0.2) is 4.79 Å². The molecule has 4 N–H and O–H groups in total. The van der Waals surface area contributed by atoms with Crippen LogP contribution in [0.4, 0.5) is 0 Å². The van der Waals surface area contributed by atoms with E-state index in [0.29, 0.717) is 17.5 Å². The molecule has 8 aliphatic rings. The lowest BCUT2D eigenvalue weighted by Gasteiger charge is -2.66. The molecule has 4 heterocycles. The molecule has 4 saturated heterocycles. The van der Waals surface area contributed by atoms with E-state index in [1.54, 1.807) is 26.0 Å². The molecule has 4 aliphatic heterocycles. The first-order chi connectivity index (χ1) is 17.8. The van der Waals surface area contributed by atoms with E-state index >= 15 is 0 Å². The molecule has 2 unspecified atom stereocenters. The zero-order chi connectivity index (χ0) is 26.6. The molecular formula is C28H30O10. The lowest BCUT2D eigenvalue weighted by molar-refractivity contribution is -0.370. The third-order valence-corrected chi connectivity index (χ3v) is 12.5. The largest absolute Gasteiger partial charge is 0.508 e. The van der Waals surface area contributed by atoms with E-state index in [0.717, 1.165) is 5.56 Å². The number of aliphatic hydroxyl groups is 3. The Bertz CT molecular complexity index is 1410. The molecule has 1 aromatic rings. The Morgan fingerprint density at radius 3 is 2.61 bits per heavy atom. The molecular weight excluding hydrogens is 496 g/mol. The van der Waals surface area contributed by atoms with E-state index in [2.05, 4.69) is 0 Å². The van der Waals surface area contributed by atoms with Crippen LogP contribution in [0.3, 0.4) is 0 Å². The molecule has 0 amide bonds. The topological polar surface area (TPSA) is 152 Å². The van der Waals surface area contributed by atoms with Gasteiger partial charge in [-0.1, -0.05) is 13.0 Å². The highest BCUT2D eigenvalue weighted by Crippen LogP contribution is 2.85. The Hall–Kier alpha value is -2.24. The van der Waals surface area contributed by atoms with Crippen LogP contribution in [-0.4, -0.2) is 73.3 Å². The van der Waals surface area contributed by atoms with Crippen LogP contribution in [-0.2, 0) is 28.5 Å². The van der Waals surface area contributed by atoms with Crippen LogP contribution in [0, 0.1) is 36.0 Å². The average molecular weight is 527 g/mol. The van der Waals surface area contributed by atoms with Gasteiger partial charge >= 0.3 is 11.9 Å². The molecule has 1 aromatic carbocycles. The molecule has 9 rings (SSSR count). The van der Waals surface area contributed by atoms with Crippen LogP contribution in [0.5, 0.6) is 5.75 Å². The first-order valence-corrected chi connectivity index (χ1v) is 13.5. The maximum atomic E-state index is 13.7. The van der Waals surface area contributed by atoms with Crippen LogP contribution < -0.4 is 0 Å². The molecule has 10 heteroatoms. The van der Waals surface area contributed by atoms with Gasteiger partial charge < -0.3 is 39.4 Å². The van der Waals surface area contributed by atoms with Gasteiger partial charge in [-0.2, -0.15) is 0 Å². The minimum atomic E-state index is -2.10. The van der Waals surface area contributed by atoms with Crippen molar-refractivity contribution in [2.75, 3.05) is 6.61 Å². The van der Waals surface area contributed by atoms with E-state index in [1.165, 1.54) is 0 Å². The molecule has 13 atom stereocenters. The zero-order valence-corrected chi connectivity index (χ0v) is 21.3. The lowest BCUT2D eigenvalue weighted by atomic mass is 9.40. The SMILES string of the molecule is Cc1c(O)ccc2c1[C@@H](O)C[C@@H]1[C@@H]2C2CC3(O)C(=O)O[C@@]4(C)[C@H]5C[C@@]6(C)[C@@H]7[C@@]2(O)[C@@]1(OC[C@H]6C(=O)O5)O[C@]734. The third kappa shape index (κ3) is 1.73. The number of benzene rings is 1. The summed E-state index contributed by atoms with van der Waals surface area (Å²) in [4.78, 5) is 27.1. The van der Waals surface area contributed by atoms with Crippen molar-refractivity contribution in [3.63, 3.8) is 0 Å². The lowest BCUT2D eigenvalue weighted by Crippen LogP contribution is -2.82. The number of fused-ring (bicyclic) bond motifs is 6. The fraction of sp³-hybridized carbons (Fsp3) is 0.714. The smallest absolute Gasteiger partial charge is 0.342 e. The zero-order valence-electron chi connectivity index (χ0n) is 21.3. The van der Waals surface area contributed by atoms with Gasteiger partial charge in [-0.3, -0.25) is 4.79 Å². The summed E-state index contributed by atoms with van der Waals surface area (Å²) < 4.78 is 25.4. The molecule has 0 radical (unpaired) electrons. The number of carbonyl (C=O) groups is 2. The van der Waals surface area contributed by atoms with Crippen molar-refractivity contribution >= 4 is 11.9 Å². The van der Waals surface area contributed by atoms with Crippen LogP contribution in [0.15, 0.2) is 12.1 Å². The summed E-state index contributed by atoms with van der Waals surface area (Å²) >= 11 is 0. The van der Waals surface area contributed by atoms with E-state index in [1.807, 2.05) is 6.92 Å². The summed E-state index contributed by atoms with van der Waals surface area (Å²) in [6, 6.07) is 3.33. The molecule has 6 bridgehead atoms. The number of hydrogen-bond acceptors (Lipinski definition) is 10. The first-order valence-electron chi connectivity index (χ1n) is 13.5. The fourth-order valence-corrected chi connectivity index (χ4v) is 11.2. The van der Waals surface area contributed by atoms with Crippen molar-refractivity contribution in [2.45, 2.75) is 86.4 Å². The predicted octanol–water partition coefficient (Wildman–Crippen LogP) is 0.712. The van der Waals surface area contributed by atoms with Gasteiger partial charge in [0.25, 0.3) is 0 Å². The van der Waals surface area contributed by atoms with Crippen LogP contribution >= 0.6 is 0 Å². The molecule has 10 nitrogen and oxygen atoms in total. The van der Waals surface area contributed by atoms with Gasteiger partial charge in [0, 0.05) is 17.8 Å². The van der Waals surface area contributed by atoms with Crippen molar-refractivity contribution < 1.29 is 49.0 Å². The Labute approximate surface area is 217 Å². The number of aromatic hydroxyl groups is 1. The number of hydrogen-bond donors (Lipinski definition) is 4. The maximum absolute atomic E-state index is 13.7. The quantitative estimate of drug-likeness (QED) is 0.356. The number of phenols is 1. The Morgan fingerprint density at radius 2 is 1.84 bits per heavy atom. The molecule has 4 aliphatic carbocycles. The second-order valence-electron chi connectivity index (χ2n) is 13.5. The molecule has 7 fully saturated rings. The Kier molecular flexibility index (Phi) is 3.43. The fourth-order valence-electron chi connectivity index (χ4n) is 11.2. The van der Waals surface area contributed by atoms with Crippen molar-refractivity contribution in [2.24, 2.45) is 29.1 Å². The van der Waals surface area contributed by atoms with E-state index in [-0.39, 0.29) is 25.2 Å². The molecule has 38 heavy (non-hydrogen) atoms. The molecule has 0 aromatic heterocycles. The van der Waals surface area contributed by atoms with Crippen LogP contribution in [0.2, 0.25) is 0 Å². The van der Waals surface area contributed by atoms with E-state index in [9.17, 15) is 30.0 Å². The van der Waals surface area contributed by atoms with Gasteiger partial charge in [0.1, 0.15) is 17.5 Å². The second-order valence-corrected chi connectivity index (χ2v) is 13.5. The summed E-state index contributed by atoms with van der Waals surface area (Å²) in [6.07, 6.45) is -1.42. The van der Waals surface area contributed by atoms with Gasteiger partial charge in [-0.15, -0.1) is 0 Å². The van der Waals surface area contributed by atoms with Gasteiger partial charge in [0.15, 0.2) is 16.8 Å². The van der Waals surface area contributed by atoms with Crippen molar-refractivity contribution in [3.8, 4) is 5.75 Å².